The summed E-state index contributed by atoms with van der Waals surface area (Å²) in [6.07, 6.45) is 19.1. The van der Waals surface area contributed by atoms with Crippen LogP contribution in [0.3, 0.4) is 0 Å². The van der Waals surface area contributed by atoms with Crippen molar-refractivity contribution in [2.45, 2.75) is 25.7 Å². The lowest BCUT2D eigenvalue weighted by Crippen LogP contribution is -2.09. The molecule has 0 spiro atoms. The molecule has 0 atom stereocenters. The number of benzene rings is 2. The van der Waals surface area contributed by atoms with Crippen molar-refractivity contribution < 1.29 is 0 Å². The SMILES string of the molecule is C1=CC=NCC=C1.C1=Cc2ccc3c(c2CC1)CCc1ccccc1-3. The van der Waals surface area contributed by atoms with Gasteiger partial charge in [-0.05, 0) is 65.1 Å². The third-order valence-corrected chi connectivity index (χ3v) is 5.04. The van der Waals surface area contributed by atoms with E-state index in [1.165, 1.54) is 47.9 Å². The fourth-order valence-corrected chi connectivity index (χ4v) is 3.83. The first-order valence-corrected chi connectivity index (χ1v) is 9.14. The fourth-order valence-electron chi connectivity index (χ4n) is 3.83. The molecule has 0 N–H and O–H groups in total. The Balaban J connectivity index is 0.000000190. The van der Waals surface area contributed by atoms with Gasteiger partial charge in [-0.25, -0.2) is 0 Å². The predicted molar refractivity (Wildman–Crippen MR) is 108 cm³/mol. The lowest BCUT2D eigenvalue weighted by atomic mass is 9.80. The van der Waals surface area contributed by atoms with Crippen LogP contribution in [-0.4, -0.2) is 12.8 Å². The van der Waals surface area contributed by atoms with Crippen LogP contribution in [0.1, 0.15) is 28.7 Å². The Morgan fingerprint density at radius 3 is 2.68 bits per heavy atom. The van der Waals surface area contributed by atoms with Gasteiger partial charge in [0.15, 0.2) is 0 Å². The standard InChI is InChI=1S/C18H16.C6H7N/c1-3-7-15-13(5-1)9-11-18-16-8-4-2-6-14(16)10-12-17(15)18;1-2-4-6-7-5-3-1/h1-3,5-7,10,12H,4,8-9,11H2;1-5H,6H2. The number of aliphatic imine (C=N–C) groups is 1. The molecule has 2 aromatic carbocycles. The van der Waals surface area contributed by atoms with Crippen molar-refractivity contribution in [3.63, 3.8) is 0 Å². The van der Waals surface area contributed by atoms with Gasteiger partial charge >= 0.3 is 0 Å². The van der Waals surface area contributed by atoms with Crippen LogP contribution >= 0.6 is 0 Å². The summed E-state index contributed by atoms with van der Waals surface area (Å²) in [4.78, 5) is 3.97. The van der Waals surface area contributed by atoms with E-state index in [1.54, 1.807) is 17.3 Å². The van der Waals surface area contributed by atoms with Gasteiger partial charge in [-0.3, -0.25) is 4.99 Å². The summed E-state index contributed by atoms with van der Waals surface area (Å²) in [5.41, 5.74) is 9.10. The molecule has 0 saturated heterocycles. The monoisotopic (exact) mass is 325 g/mol. The number of rotatable bonds is 0. The number of fused-ring (bicyclic) bond motifs is 5. The van der Waals surface area contributed by atoms with E-state index in [0.717, 1.165) is 6.54 Å². The van der Waals surface area contributed by atoms with Crippen LogP contribution in [-0.2, 0) is 19.3 Å². The Morgan fingerprint density at radius 1 is 0.720 bits per heavy atom. The van der Waals surface area contributed by atoms with Crippen molar-refractivity contribution in [2.24, 2.45) is 4.99 Å². The Morgan fingerprint density at radius 2 is 1.68 bits per heavy atom. The average Bonchev–Trinajstić information content (AvgIpc) is 3.01. The van der Waals surface area contributed by atoms with E-state index in [4.69, 9.17) is 0 Å². The Kier molecular flexibility index (Phi) is 4.74. The minimum atomic E-state index is 0.826. The van der Waals surface area contributed by atoms with E-state index in [-0.39, 0.29) is 0 Å². The molecule has 0 saturated carbocycles. The van der Waals surface area contributed by atoms with Crippen molar-refractivity contribution in [1.29, 1.82) is 0 Å². The molecule has 25 heavy (non-hydrogen) atoms. The maximum Gasteiger partial charge on any atom is 0.0573 e. The summed E-state index contributed by atoms with van der Waals surface area (Å²) in [7, 11) is 0. The van der Waals surface area contributed by atoms with Gasteiger partial charge < -0.3 is 0 Å². The van der Waals surface area contributed by atoms with Gasteiger partial charge in [0.2, 0.25) is 0 Å². The quantitative estimate of drug-likeness (QED) is 0.598. The minimum absolute atomic E-state index is 0.826. The summed E-state index contributed by atoms with van der Waals surface area (Å²) in [5, 5.41) is 0. The minimum Gasteiger partial charge on any atom is -0.289 e. The maximum absolute atomic E-state index is 3.97. The smallest absolute Gasteiger partial charge is 0.0573 e. The van der Waals surface area contributed by atoms with Crippen molar-refractivity contribution >= 4 is 12.3 Å². The summed E-state index contributed by atoms with van der Waals surface area (Å²) in [6.45, 7) is 0.826. The molecule has 5 rings (SSSR count). The highest BCUT2D eigenvalue weighted by Crippen LogP contribution is 2.38. The molecule has 1 nitrogen and oxygen atoms in total. The molecule has 0 radical (unpaired) electrons. The van der Waals surface area contributed by atoms with E-state index in [1.807, 2.05) is 24.3 Å². The number of hydrogen-bond acceptors (Lipinski definition) is 1. The lowest BCUT2D eigenvalue weighted by molar-refractivity contribution is 0.887. The number of allylic oxidation sites excluding steroid dienone is 4. The molecule has 0 unspecified atom stereocenters. The second-order valence-electron chi connectivity index (χ2n) is 6.58. The zero-order chi connectivity index (χ0) is 16.9. The number of nitrogens with zero attached hydrogens (tertiary/aromatic N) is 1. The molecule has 0 aromatic heterocycles. The molecule has 1 aliphatic heterocycles. The van der Waals surface area contributed by atoms with Gasteiger partial charge in [-0.15, -0.1) is 0 Å². The van der Waals surface area contributed by atoms with E-state index >= 15 is 0 Å². The van der Waals surface area contributed by atoms with Crippen LogP contribution in [0.2, 0.25) is 0 Å². The largest absolute Gasteiger partial charge is 0.289 e. The first-order chi connectivity index (χ1) is 12.4. The van der Waals surface area contributed by atoms with Crippen molar-refractivity contribution in [3.8, 4) is 11.1 Å². The van der Waals surface area contributed by atoms with Crippen LogP contribution in [0.5, 0.6) is 0 Å². The van der Waals surface area contributed by atoms with Gasteiger partial charge in [-0.1, -0.05) is 66.8 Å². The van der Waals surface area contributed by atoms with Gasteiger partial charge in [0.1, 0.15) is 0 Å². The third-order valence-electron chi connectivity index (χ3n) is 5.04. The molecule has 2 aromatic rings. The van der Waals surface area contributed by atoms with Gasteiger partial charge in [0, 0.05) is 6.21 Å². The van der Waals surface area contributed by atoms with Crippen LogP contribution < -0.4 is 0 Å². The topological polar surface area (TPSA) is 12.4 Å². The summed E-state index contributed by atoms with van der Waals surface area (Å²) < 4.78 is 0. The van der Waals surface area contributed by atoms with Crippen molar-refractivity contribution in [3.05, 3.63) is 89.0 Å². The highest BCUT2D eigenvalue weighted by molar-refractivity contribution is 5.77. The molecular weight excluding hydrogens is 302 g/mol. The molecule has 0 bridgehead atoms. The van der Waals surface area contributed by atoms with Gasteiger partial charge in [-0.2, -0.15) is 0 Å². The van der Waals surface area contributed by atoms with E-state index in [0.29, 0.717) is 0 Å². The normalized spacial score (nSPS) is 16.2. The lowest BCUT2D eigenvalue weighted by Gasteiger charge is -2.25. The third kappa shape index (κ3) is 3.41. The van der Waals surface area contributed by atoms with E-state index in [9.17, 15) is 0 Å². The Hall–Kier alpha value is -2.67. The summed E-state index contributed by atoms with van der Waals surface area (Å²) in [6, 6.07) is 13.5. The predicted octanol–water partition coefficient (Wildman–Crippen LogP) is 5.59. The first-order valence-electron chi connectivity index (χ1n) is 9.14. The Labute approximate surface area is 150 Å². The summed E-state index contributed by atoms with van der Waals surface area (Å²) >= 11 is 0. The van der Waals surface area contributed by atoms with Gasteiger partial charge in [0.25, 0.3) is 0 Å². The average molecular weight is 325 g/mol. The van der Waals surface area contributed by atoms with Crippen LogP contribution in [0.25, 0.3) is 17.2 Å². The van der Waals surface area contributed by atoms with Crippen molar-refractivity contribution in [2.75, 3.05) is 6.54 Å². The Bertz CT molecular complexity index is 867. The van der Waals surface area contributed by atoms with E-state index < -0.39 is 0 Å². The second kappa shape index (κ2) is 7.48. The molecule has 0 fully saturated rings. The molecular formula is C24H23N. The molecule has 1 heteroatoms. The highest BCUT2D eigenvalue weighted by atomic mass is 14.7. The molecule has 3 aliphatic rings. The maximum atomic E-state index is 3.97. The molecule has 2 aliphatic carbocycles. The molecule has 1 heterocycles. The first kappa shape index (κ1) is 15.8. The fraction of sp³-hybridized carbons (Fsp3) is 0.208. The number of hydrogen-bond donors (Lipinski definition) is 0. The van der Waals surface area contributed by atoms with Gasteiger partial charge in [0.05, 0.1) is 6.54 Å². The zero-order valence-corrected chi connectivity index (χ0v) is 14.5. The molecule has 124 valence electrons. The highest BCUT2D eigenvalue weighted by Gasteiger charge is 2.20. The van der Waals surface area contributed by atoms with E-state index in [2.05, 4.69) is 53.5 Å². The number of aryl methyl sites for hydroxylation is 1. The summed E-state index contributed by atoms with van der Waals surface area (Å²) in [5.74, 6) is 0. The van der Waals surface area contributed by atoms with Crippen LogP contribution in [0.4, 0.5) is 0 Å². The molecule has 0 amide bonds. The second-order valence-corrected chi connectivity index (χ2v) is 6.58. The zero-order valence-electron chi connectivity index (χ0n) is 14.5. The van der Waals surface area contributed by atoms with Crippen molar-refractivity contribution in [1.82, 2.24) is 0 Å². The van der Waals surface area contributed by atoms with Crippen LogP contribution in [0, 0.1) is 0 Å². The van der Waals surface area contributed by atoms with Crippen LogP contribution in [0.15, 0.2) is 71.8 Å².